The summed E-state index contributed by atoms with van der Waals surface area (Å²) in [6.45, 7) is 5.25. The molecule has 0 spiro atoms. The molecule has 3 nitrogen and oxygen atoms in total. The Hall–Kier alpha value is -1.19. The number of hydrogen-bond acceptors (Lipinski definition) is 3. The molecule has 0 atom stereocenters. The lowest BCUT2D eigenvalue weighted by atomic mass is 10.0. The Morgan fingerprint density at radius 2 is 2.21 bits per heavy atom. The van der Waals surface area contributed by atoms with Gasteiger partial charge in [-0.2, -0.15) is 4.39 Å². The zero-order valence-electron chi connectivity index (χ0n) is 8.50. The van der Waals surface area contributed by atoms with Gasteiger partial charge in [0.2, 0.25) is 5.95 Å². The second-order valence-corrected chi connectivity index (χ2v) is 4.27. The summed E-state index contributed by atoms with van der Waals surface area (Å²) in [4.78, 5) is 9.68. The summed E-state index contributed by atoms with van der Waals surface area (Å²) >= 11 is 0. The van der Waals surface area contributed by atoms with Crippen LogP contribution in [-0.2, 0) is 0 Å². The van der Waals surface area contributed by atoms with Crippen molar-refractivity contribution < 1.29 is 4.39 Å². The van der Waals surface area contributed by atoms with E-state index in [1.165, 1.54) is 12.4 Å². The molecule has 4 heteroatoms. The molecule has 0 N–H and O–H groups in total. The van der Waals surface area contributed by atoms with Crippen LogP contribution in [0.15, 0.2) is 12.4 Å². The van der Waals surface area contributed by atoms with E-state index in [-0.39, 0.29) is 5.54 Å². The first-order valence-corrected chi connectivity index (χ1v) is 4.85. The van der Waals surface area contributed by atoms with Gasteiger partial charge in [0, 0.05) is 18.2 Å². The molecule has 2 heterocycles. The lowest BCUT2D eigenvalue weighted by molar-refractivity contribution is 0.510. The summed E-state index contributed by atoms with van der Waals surface area (Å²) in [7, 11) is 0. The molecule has 1 aromatic heterocycles. The van der Waals surface area contributed by atoms with Gasteiger partial charge < -0.3 is 4.90 Å². The second kappa shape index (κ2) is 3.19. The highest BCUT2D eigenvalue weighted by atomic mass is 19.1. The van der Waals surface area contributed by atoms with E-state index in [1.54, 1.807) is 0 Å². The van der Waals surface area contributed by atoms with Gasteiger partial charge in [0.05, 0.1) is 0 Å². The number of rotatable bonds is 1. The lowest BCUT2D eigenvalue weighted by Crippen LogP contribution is -2.38. The Morgan fingerprint density at radius 3 is 2.79 bits per heavy atom. The van der Waals surface area contributed by atoms with E-state index in [0.29, 0.717) is 5.82 Å². The molecule has 0 saturated carbocycles. The molecule has 0 aliphatic carbocycles. The lowest BCUT2D eigenvalue weighted by Gasteiger charge is -2.32. The van der Waals surface area contributed by atoms with Gasteiger partial charge in [-0.15, -0.1) is 0 Å². The molecule has 1 aliphatic heterocycles. The predicted molar refractivity (Wildman–Crippen MR) is 52.6 cm³/mol. The first-order chi connectivity index (χ1) is 6.59. The maximum absolute atomic E-state index is 12.9. The third-order valence-electron chi connectivity index (χ3n) is 2.80. The van der Waals surface area contributed by atoms with Crippen molar-refractivity contribution in [3.8, 4) is 0 Å². The highest BCUT2D eigenvalue weighted by Gasteiger charge is 2.32. The van der Waals surface area contributed by atoms with Crippen molar-refractivity contribution in [2.75, 3.05) is 11.4 Å². The number of aromatic nitrogens is 2. The third kappa shape index (κ3) is 1.56. The first kappa shape index (κ1) is 9.37. The number of nitrogens with zero attached hydrogens (tertiary/aromatic N) is 3. The minimum atomic E-state index is -0.460. The molecule has 0 amide bonds. The summed E-state index contributed by atoms with van der Waals surface area (Å²) in [6.07, 6.45) is 3.54. The fourth-order valence-electron chi connectivity index (χ4n) is 2.00. The van der Waals surface area contributed by atoms with Crippen LogP contribution in [0.5, 0.6) is 0 Å². The number of anilines is 1. The molecule has 1 saturated heterocycles. The van der Waals surface area contributed by atoms with Crippen molar-refractivity contribution >= 4 is 5.82 Å². The minimum absolute atomic E-state index is 0.0841. The van der Waals surface area contributed by atoms with Crippen LogP contribution in [0.25, 0.3) is 0 Å². The zero-order chi connectivity index (χ0) is 10.2. The predicted octanol–water partition coefficient (Wildman–Crippen LogP) is 1.99. The first-order valence-electron chi connectivity index (χ1n) is 4.85. The maximum Gasteiger partial charge on any atom is 0.218 e. The van der Waals surface area contributed by atoms with Crippen LogP contribution in [0.4, 0.5) is 10.2 Å². The van der Waals surface area contributed by atoms with Crippen LogP contribution in [-0.4, -0.2) is 22.1 Å². The Balaban J connectivity index is 2.31. The van der Waals surface area contributed by atoms with E-state index in [1.807, 2.05) is 0 Å². The molecule has 1 aromatic rings. The van der Waals surface area contributed by atoms with Gasteiger partial charge in [-0.1, -0.05) is 0 Å². The van der Waals surface area contributed by atoms with E-state index in [2.05, 4.69) is 28.7 Å². The fraction of sp³-hybridized carbons (Fsp3) is 0.600. The highest BCUT2D eigenvalue weighted by molar-refractivity contribution is 5.41. The molecule has 14 heavy (non-hydrogen) atoms. The Labute approximate surface area is 83.0 Å². The van der Waals surface area contributed by atoms with Crippen LogP contribution in [0, 0.1) is 5.95 Å². The van der Waals surface area contributed by atoms with Crippen LogP contribution in [0.2, 0.25) is 0 Å². The smallest absolute Gasteiger partial charge is 0.218 e. The van der Waals surface area contributed by atoms with Crippen molar-refractivity contribution in [1.29, 1.82) is 0 Å². The monoisotopic (exact) mass is 195 g/mol. The van der Waals surface area contributed by atoms with E-state index >= 15 is 0 Å². The van der Waals surface area contributed by atoms with Crippen LogP contribution < -0.4 is 4.90 Å². The molecule has 76 valence electrons. The van der Waals surface area contributed by atoms with Crippen molar-refractivity contribution in [2.45, 2.75) is 32.2 Å². The van der Waals surface area contributed by atoms with E-state index in [0.717, 1.165) is 19.4 Å². The molecule has 0 radical (unpaired) electrons. The normalized spacial score (nSPS) is 20.1. The molecule has 1 aliphatic rings. The fourth-order valence-corrected chi connectivity index (χ4v) is 2.00. The number of hydrogen-bond donors (Lipinski definition) is 0. The van der Waals surface area contributed by atoms with E-state index < -0.39 is 5.95 Å². The molecule has 1 fully saturated rings. The standard InChI is InChI=1S/C10H14FN3/c1-10(2)4-3-5-14(10)9-6-8(11)12-7-13-9/h6-7H,3-5H2,1-2H3. The Bertz CT molecular complexity index is 338. The summed E-state index contributed by atoms with van der Waals surface area (Å²) in [5, 5.41) is 0. The largest absolute Gasteiger partial charge is 0.351 e. The molecule has 0 bridgehead atoms. The Kier molecular flexibility index (Phi) is 2.13. The van der Waals surface area contributed by atoms with Crippen LogP contribution in [0.3, 0.4) is 0 Å². The van der Waals surface area contributed by atoms with Crippen molar-refractivity contribution in [3.05, 3.63) is 18.3 Å². The van der Waals surface area contributed by atoms with E-state index in [4.69, 9.17) is 0 Å². The van der Waals surface area contributed by atoms with Crippen molar-refractivity contribution in [2.24, 2.45) is 0 Å². The van der Waals surface area contributed by atoms with Gasteiger partial charge in [-0.3, -0.25) is 0 Å². The molecule has 2 rings (SSSR count). The van der Waals surface area contributed by atoms with Gasteiger partial charge >= 0.3 is 0 Å². The summed E-state index contributed by atoms with van der Waals surface area (Å²) in [5.74, 6) is 0.234. The molecule has 0 unspecified atom stereocenters. The molecular formula is C10H14FN3. The highest BCUT2D eigenvalue weighted by Crippen LogP contribution is 2.31. The van der Waals surface area contributed by atoms with Gasteiger partial charge in [-0.25, -0.2) is 9.97 Å². The van der Waals surface area contributed by atoms with Crippen molar-refractivity contribution in [3.63, 3.8) is 0 Å². The third-order valence-corrected chi connectivity index (χ3v) is 2.80. The summed E-state index contributed by atoms with van der Waals surface area (Å²) in [5.41, 5.74) is 0.0841. The van der Waals surface area contributed by atoms with Gasteiger partial charge in [0.25, 0.3) is 0 Å². The Morgan fingerprint density at radius 1 is 1.43 bits per heavy atom. The zero-order valence-corrected chi connectivity index (χ0v) is 8.50. The summed E-state index contributed by atoms with van der Waals surface area (Å²) < 4.78 is 12.9. The average Bonchev–Trinajstić information content (AvgIpc) is 2.45. The SMILES string of the molecule is CC1(C)CCCN1c1cc(F)ncn1. The topological polar surface area (TPSA) is 29.0 Å². The van der Waals surface area contributed by atoms with Gasteiger partial charge in [-0.05, 0) is 26.7 Å². The van der Waals surface area contributed by atoms with Crippen LogP contribution in [0.1, 0.15) is 26.7 Å². The van der Waals surface area contributed by atoms with E-state index in [9.17, 15) is 4.39 Å². The average molecular weight is 195 g/mol. The summed E-state index contributed by atoms with van der Waals surface area (Å²) in [6, 6.07) is 1.40. The van der Waals surface area contributed by atoms with Gasteiger partial charge in [0.15, 0.2) is 0 Å². The number of halogens is 1. The second-order valence-electron chi connectivity index (χ2n) is 4.27. The van der Waals surface area contributed by atoms with Crippen molar-refractivity contribution in [1.82, 2.24) is 9.97 Å². The van der Waals surface area contributed by atoms with Gasteiger partial charge in [0.1, 0.15) is 12.1 Å². The quantitative estimate of drug-likeness (QED) is 0.642. The molecular weight excluding hydrogens is 181 g/mol. The maximum atomic E-state index is 12.9. The molecule has 0 aromatic carbocycles. The minimum Gasteiger partial charge on any atom is -0.351 e. The van der Waals surface area contributed by atoms with Crippen LogP contribution >= 0.6 is 0 Å².